The van der Waals surface area contributed by atoms with Crippen molar-refractivity contribution in [3.05, 3.63) is 24.0 Å². The molecule has 2 rings (SSSR count). The molecule has 1 fully saturated rings. The summed E-state index contributed by atoms with van der Waals surface area (Å²) in [5.74, 6) is 0.0909. The standard InChI is InChI=1S/C13H19N3O2/c1-10(17)16-6-7-18-13(9-16)12-5-4-11(8-14-12)15(2)3/h4-5,8,13H,6-7,9H2,1-3H3/t13-/m1/s1. The second-order valence-corrected chi connectivity index (χ2v) is 4.66. The van der Waals surface area contributed by atoms with Gasteiger partial charge in [-0.15, -0.1) is 0 Å². The van der Waals surface area contributed by atoms with Crippen LogP contribution in [0.25, 0.3) is 0 Å². The lowest BCUT2D eigenvalue weighted by atomic mass is 10.2. The summed E-state index contributed by atoms with van der Waals surface area (Å²) < 4.78 is 5.67. The minimum absolute atomic E-state index is 0.0909. The summed E-state index contributed by atoms with van der Waals surface area (Å²) in [6.45, 7) is 3.41. The van der Waals surface area contributed by atoms with E-state index in [1.165, 1.54) is 0 Å². The van der Waals surface area contributed by atoms with E-state index in [-0.39, 0.29) is 12.0 Å². The zero-order chi connectivity index (χ0) is 13.1. The molecule has 1 atom stereocenters. The van der Waals surface area contributed by atoms with E-state index in [1.807, 2.05) is 37.3 Å². The summed E-state index contributed by atoms with van der Waals surface area (Å²) >= 11 is 0. The van der Waals surface area contributed by atoms with Gasteiger partial charge in [0.1, 0.15) is 6.10 Å². The number of nitrogens with zero attached hydrogens (tertiary/aromatic N) is 3. The highest BCUT2D eigenvalue weighted by Gasteiger charge is 2.24. The Morgan fingerprint density at radius 2 is 2.28 bits per heavy atom. The monoisotopic (exact) mass is 249 g/mol. The molecule has 0 N–H and O–H groups in total. The van der Waals surface area contributed by atoms with Gasteiger partial charge in [0.2, 0.25) is 5.91 Å². The SMILES string of the molecule is CC(=O)N1CCO[C@@H](c2ccc(N(C)C)cn2)C1. The number of hydrogen-bond acceptors (Lipinski definition) is 4. The number of pyridine rings is 1. The van der Waals surface area contributed by atoms with E-state index in [0.717, 1.165) is 11.4 Å². The normalized spacial score (nSPS) is 19.7. The van der Waals surface area contributed by atoms with Crippen molar-refractivity contribution >= 4 is 11.6 Å². The van der Waals surface area contributed by atoms with Gasteiger partial charge in [-0.2, -0.15) is 0 Å². The van der Waals surface area contributed by atoms with Crippen LogP contribution in [0.5, 0.6) is 0 Å². The highest BCUT2D eigenvalue weighted by atomic mass is 16.5. The third kappa shape index (κ3) is 2.79. The Bertz CT molecular complexity index is 417. The van der Waals surface area contributed by atoms with Gasteiger partial charge in [0.25, 0.3) is 0 Å². The first-order chi connectivity index (χ1) is 8.58. The third-order valence-electron chi connectivity index (χ3n) is 3.13. The summed E-state index contributed by atoms with van der Waals surface area (Å²) in [4.78, 5) is 19.6. The maximum atomic E-state index is 11.4. The van der Waals surface area contributed by atoms with Crippen molar-refractivity contribution in [3.63, 3.8) is 0 Å². The Morgan fingerprint density at radius 1 is 1.50 bits per heavy atom. The average Bonchev–Trinajstić information content (AvgIpc) is 2.39. The van der Waals surface area contributed by atoms with Crippen molar-refractivity contribution < 1.29 is 9.53 Å². The van der Waals surface area contributed by atoms with Gasteiger partial charge in [-0.05, 0) is 12.1 Å². The van der Waals surface area contributed by atoms with Crippen LogP contribution in [0.2, 0.25) is 0 Å². The molecular formula is C13H19N3O2. The topological polar surface area (TPSA) is 45.7 Å². The molecule has 18 heavy (non-hydrogen) atoms. The minimum atomic E-state index is -0.112. The van der Waals surface area contributed by atoms with E-state index in [1.54, 1.807) is 11.8 Å². The Morgan fingerprint density at radius 3 is 2.83 bits per heavy atom. The molecular weight excluding hydrogens is 230 g/mol. The minimum Gasteiger partial charge on any atom is -0.376 e. The lowest BCUT2D eigenvalue weighted by Gasteiger charge is -2.32. The highest BCUT2D eigenvalue weighted by molar-refractivity contribution is 5.73. The quantitative estimate of drug-likeness (QED) is 0.786. The van der Waals surface area contributed by atoms with Crippen molar-refractivity contribution in [2.75, 3.05) is 38.7 Å². The molecule has 1 saturated heterocycles. The first-order valence-electron chi connectivity index (χ1n) is 6.08. The van der Waals surface area contributed by atoms with Crippen molar-refractivity contribution in [2.24, 2.45) is 0 Å². The number of hydrogen-bond donors (Lipinski definition) is 0. The van der Waals surface area contributed by atoms with Gasteiger partial charge in [-0.3, -0.25) is 9.78 Å². The summed E-state index contributed by atoms with van der Waals surface area (Å²) in [6.07, 6.45) is 1.71. The van der Waals surface area contributed by atoms with Crippen LogP contribution in [0, 0.1) is 0 Å². The predicted octanol–water partition coefficient (Wildman–Crippen LogP) is 1.07. The molecule has 0 bridgehead atoms. The molecule has 2 heterocycles. The van der Waals surface area contributed by atoms with Gasteiger partial charge in [0.15, 0.2) is 0 Å². The zero-order valence-corrected chi connectivity index (χ0v) is 11.1. The van der Waals surface area contributed by atoms with E-state index in [9.17, 15) is 4.79 Å². The molecule has 0 saturated carbocycles. The molecule has 1 aromatic heterocycles. The van der Waals surface area contributed by atoms with E-state index in [2.05, 4.69) is 4.98 Å². The molecule has 1 amide bonds. The van der Waals surface area contributed by atoms with E-state index >= 15 is 0 Å². The van der Waals surface area contributed by atoms with Gasteiger partial charge in [0, 0.05) is 27.6 Å². The van der Waals surface area contributed by atoms with Crippen LogP contribution in [0.15, 0.2) is 18.3 Å². The maximum Gasteiger partial charge on any atom is 0.219 e. The van der Waals surface area contributed by atoms with Crippen molar-refractivity contribution in [1.29, 1.82) is 0 Å². The first kappa shape index (κ1) is 12.8. The molecule has 0 aromatic carbocycles. The third-order valence-corrected chi connectivity index (χ3v) is 3.13. The largest absolute Gasteiger partial charge is 0.376 e. The second kappa shape index (κ2) is 5.35. The van der Waals surface area contributed by atoms with Gasteiger partial charge in [-0.25, -0.2) is 0 Å². The van der Waals surface area contributed by atoms with Crippen LogP contribution in [-0.4, -0.2) is 49.6 Å². The number of carbonyl (C=O) groups is 1. The number of aromatic nitrogens is 1. The highest BCUT2D eigenvalue weighted by Crippen LogP contribution is 2.22. The Labute approximate surface area is 107 Å². The molecule has 0 spiro atoms. The lowest BCUT2D eigenvalue weighted by molar-refractivity contribution is -0.136. The van der Waals surface area contributed by atoms with Crippen molar-refractivity contribution in [3.8, 4) is 0 Å². The van der Waals surface area contributed by atoms with Crippen molar-refractivity contribution in [1.82, 2.24) is 9.88 Å². The molecule has 0 unspecified atom stereocenters. The molecule has 5 heteroatoms. The number of morpholine rings is 1. The Balaban J connectivity index is 2.09. The first-order valence-corrected chi connectivity index (χ1v) is 6.08. The second-order valence-electron chi connectivity index (χ2n) is 4.66. The lowest BCUT2D eigenvalue weighted by Crippen LogP contribution is -2.41. The van der Waals surface area contributed by atoms with Crippen molar-refractivity contribution in [2.45, 2.75) is 13.0 Å². The molecule has 1 aromatic rings. The summed E-state index contributed by atoms with van der Waals surface area (Å²) in [5.41, 5.74) is 1.93. The number of ether oxygens (including phenoxy) is 1. The molecule has 1 aliphatic rings. The Kier molecular flexibility index (Phi) is 3.81. The molecule has 5 nitrogen and oxygen atoms in total. The average molecular weight is 249 g/mol. The fraction of sp³-hybridized carbons (Fsp3) is 0.538. The number of rotatable bonds is 2. The smallest absolute Gasteiger partial charge is 0.219 e. The summed E-state index contributed by atoms with van der Waals surface area (Å²) in [5, 5.41) is 0. The number of amides is 1. The van der Waals surface area contributed by atoms with Crippen LogP contribution >= 0.6 is 0 Å². The van der Waals surface area contributed by atoms with Gasteiger partial charge >= 0.3 is 0 Å². The summed E-state index contributed by atoms with van der Waals surface area (Å²) in [7, 11) is 3.95. The van der Waals surface area contributed by atoms with Crippen LogP contribution in [0.4, 0.5) is 5.69 Å². The van der Waals surface area contributed by atoms with Gasteiger partial charge < -0.3 is 14.5 Å². The van der Waals surface area contributed by atoms with Gasteiger partial charge in [-0.1, -0.05) is 0 Å². The van der Waals surface area contributed by atoms with Crippen LogP contribution in [0.3, 0.4) is 0 Å². The van der Waals surface area contributed by atoms with E-state index in [4.69, 9.17) is 4.74 Å². The molecule has 1 aliphatic heterocycles. The van der Waals surface area contributed by atoms with Crippen LogP contribution < -0.4 is 4.90 Å². The van der Waals surface area contributed by atoms with Crippen LogP contribution in [-0.2, 0) is 9.53 Å². The zero-order valence-electron chi connectivity index (χ0n) is 11.1. The summed E-state index contributed by atoms with van der Waals surface area (Å²) in [6, 6.07) is 3.97. The number of anilines is 1. The fourth-order valence-corrected chi connectivity index (χ4v) is 1.97. The van der Waals surface area contributed by atoms with Crippen LogP contribution in [0.1, 0.15) is 18.7 Å². The Hall–Kier alpha value is -1.62. The molecule has 0 radical (unpaired) electrons. The predicted molar refractivity (Wildman–Crippen MR) is 69.5 cm³/mol. The maximum absolute atomic E-state index is 11.4. The molecule has 0 aliphatic carbocycles. The van der Waals surface area contributed by atoms with Gasteiger partial charge in [0.05, 0.1) is 30.7 Å². The van der Waals surface area contributed by atoms with E-state index in [0.29, 0.717) is 19.7 Å². The number of carbonyl (C=O) groups excluding carboxylic acids is 1. The fourth-order valence-electron chi connectivity index (χ4n) is 1.97. The van der Waals surface area contributed by atoms with E-state index < -0.39 is 0 Å². The molecule has 98 valence electrons.